The highest BCUT2D eigenvalue weighted by Gasteiger charge is 2.28. The maximum Gasteiger partial charge on any atom is 0.335 e. The van der Waals surface area contributed by atoms with Gasteiger partial charge < -0.3 is 10.2 Å². The molecule has 3 rings (SSSR count). The van der Waals surface area contributed by atoms with Gasteiger partial charge >= 0.3 is 5.97 Å². The zero-order chi connectivity index (χ0) is 18.0. The molecule has 1 aliphatic heterocycles. The van der Waals surface area contributed by atoms with Crippen molar-refractivity contribution in [2.24, 2.45) is 0 Å². The molecule has 1 saturated heterocycles. The number of benzene rings is 1. The lowest BCUT2D eigenvalue weighted by Gasteiger charge is -2.16. The number of carbonyl (C=O) groups is 1. The second kappa shape index (κ2) is 6.95. The van der Waals surface area contributed by atoms with Crippen LogP contribution in [-0.4, -0.2) is 58.4 Å². The zero-order valence-corrected chi connectivity index (χ0v) is 14.3. The molecule has 1 aliphatic rings. The molecule has 0 saturated carbocycles. The summed E-state index contributed by atoms with van der Waals surface area (Å²) >= 11 is 0. The number of rotatable bonds is 6. The predicted octanol–water partition coefficient (Wildman–Crippen LogP) is 0.890. The van der Waals surface area contributed by atoms with E-state index in [1.165, 1.54) is 27.2 Å². The molecule has 8 nitrogen and oxygen atoms in total. The molecule has 1 aromatic carbocycles. The maximum absolute atomic E-state index is 12.8. The fraction of sp³-hybridized carbons (Fsp3) is 0.375. The van der Waals surface area contributed by atoms with E-state index in [2.05, 4.69) is 5.10 Å². The first kappa shape index (κ1) is 17.6. The quantitative estimate of drug-likeness (QED) is 0.786. The van der Waals surface area contributed by atoms with Crippen molar-refractivity contribution in [2.75, 3.05) is 19.7 Å². The van der Waals surface area contributed by atoms with Gasteiger partial charge in [-0.1, -0.05) is 0 Å². The monoisotopic (exact) mass is 365 g/mol. The Bertz CT molecular complexity index is 885. The number of aromatic nitrogens is 2. The minimum absolute atomic E-state index is 0.0323. The lowest BCUT2D eigenvalue weighted by molar-refractivity contribution is 0.0696. The van der Waals surface area contributed by atoms with Crippen molar-refractivity contribution in [3.05, 3.63) is 41.7 Å². The van der Waals surface area contributed by atoms with E-state index in [1.807, 2.05) is 0 Å². The van der Waals surface area contributed by atoms with Gasteiger partial charge in [-0.05, 0) is 43.0 Å². The first-order chi connectivity index (χ1) is 11.9. The smallest absolute Gasteiger partial charge is 0.335 e. The average Bonchev–Trinajstić information content (AvgIpc) is 3.27. The fourth-order valence-electron chi connectivity index (χ4n) is 2.83. The van der Waals surface area contributed by atoms with Crippen LogP contribution in [0.2, 0.25) is 0 Å². The summed E-state index contributed by atoms with van der Waals surface area (Å²) in [7, 11) is -3.74. The molecular weight excluding hydrogens is 346 g/mol. The van der Waals surface area contributed by atoms with Gasteiger partial charge in [0.05, 0.1) is 22.3 Å². The molecule has 0 aliphatic carbocycles. The van der Waals surface area contributed by atoms with Crippen molar-refractivity contribution in [1.82, 2.24) is 14.1 Å². The standard InChI is InChI=1S/C16H19N3O5S/c20-6-3-12-10-17-19(11-12)14-7-13(16(21)22)8-15(9-14)25(23,24)18-4-1-2-5-18/h7-11,20H,1-6H2,(H,21,22). The minimum atomic E-state index is -3.74. The first-order valence-corrected chi connectivity index (χ1v) is 9.39. The van der Waals surface area contributed by atoms with Crippen LogP contribution in [0, 0.1) is 0 Å². The Morgan fingerprint density at radius 3 is 2.56 bits per heavy atom. The van der Waals surface area contributed by atoms with Gasteiger partial charge in [-0.15, -0.1) is 0 Å². The number of hydrogen-bond donors (Lipinski definition) is 2. The molecule has 0 atom stereocenters. The van der Waals surface area contributed by atoms with Gasteiger partial charge in [0.2, 0.25) is 10.0 Å². The summed E-state index contributed by atoms with van der Waals surface area (Å²) in [5.74, 6) is -1.21. The number of hydrogen-bond acceptors (Lipinski definition) is 5. The van der Waals surface area contributed by atoms with Crippen molar-refractivity contribution in [2.45, 2.75) is 24.2 Å². The average molecular weight is 365 g/mol. The summed E-state index contributed by atoms with van der Waals surface area (Å²) in [6.07, 6.45) is 5.21. The second-order valence-corrected chi connectivity index (χ2v) is 7.84. The van der Waals surface area contributed by atoms with E-state index < -0.39 is 16.0 Å². The van der Waals surface area contributed by atoms with Crippen molar-refractivity contribution in [1.29, 1.82) is 0 Å². The van der Waals surface area contributed by atoms with Crippen LogP contribution < -0.4 is 0 Å². The summed E-state index contributed by atoms with van der Waals surface area (Å²) in [5.41, 5.74) is 1.00. The molecule has 0 bridgehead atoms. The van der Waals surface area contributed by atoms with Crippen LogP contribution in [-0.2, 0) is 16.4 Å². The molecule has 0 unspecified atom stereocenters. The van der Waals surface area contributed by atoms with E-state index in [9.17, 15) is 18.3 Å². The lowest BCUT2D eigenvalue weighted by atomic mass is 10.2. The number of carboxylic acid groups (broad SMARTS) is 1. The van der Waals surface area contributed by atoms with Gasteiger partial charge in [0.25, 0.3) is 0 Å². The summed E-state index contributed by atoms with van der Waals surface area (Å²) in [6, 6.07) is 3.98. The maximum atomic E-state index is 12.8. The van der Waals surface area contributed by atoms with Crippen LogP contribution in [0.4, 0.5) is 0 Å². The van der Waals surface area contributed by atoms with Gasteiger partial charge in [-0.3, -0.25) is 0 Å². The third kappa shape index (κ3) is 3.58. The highest BCUT2D eigenvalue weighted by molar-refractivity contribution is 7.89. The molecule has 9 heteroatoms. The molecule has 0 radical (unpaired) electrons. The SMILES string of the molecule is O=C(O)c1cc(-n2cc(CCO)cn2)cc(S(=O)(=O)N2CCCC2)c1. The summed E-state index contributed by atoms with van der Waals surface area (Å²) < 4.78 is 28.3. The Morgan fingerprint density at radius 1 is 1.20 bits per heavy atom. The number of nitrogens with zero attached hydrogens (tertiary/aromatic N) is 3. The van der Waals surface area contributed by atoms with Gasteiger partial charge in [0, 0.05) is 25.9 Å². The van der Waals surface area contributed by atoms with Crippen LogP contribution in [0.5, 0.6) is 0 Å². The number of sulfonamides is 1. The van der Waals surface area contributed by atoms with Gasteiger partial charge in [0.15, 0.2) is 0 Å². The molecule has 134 valence electrons. The Morgan fingerprint density at radius 2 is 1.92 bits per heavy atom. The van der Waals surface area contributed by atoms with Crippen molar-refractivity contribution >= 4 is 16.0 Å². The molecule has 2 aromatic rings. The molecule has 2 N–H and O–H groups in total. The summed E-state index contributed by atoms with van der Waals surface area (Å²) in [5, 5.41) is 22.4. The number of aliphatic hydroxyl groups is 1. The third-order valence-electron chi connectivity index (χ3n) is 4.14. The highest BCUT2D eigenvalue weighted by Crippen LogP contribution is 2.24. The highest BCUT2D eigenvalue weighted by atomic mass is 32.2. The second-order valence-electron chi connectivity index (χ2n) is 5.90. The van der Waals surface area contributed by atoms with Crippen LogP contribution in [0.1, 0.15) is 28.8 Å². The molecule has 0 spiro atoms. The third-order valence-corrected chi connectivity index (χ3v) is 6.02. The molecular formula is C16H19N3O5S. The van der Waals surface area contributed by atoms with Crippen molar-refractivity contribution < 1.29 is 23.4 Å². The zero-order valence-electron chi connectivity index (χ0n) is 13.5. The molecule has 0 amide bonds. The number of aromatic carboxylic acids is 1. The minimum Gasteiger partial charge on any atom is -0.478 e. The van der Waals surface area contributed by atoms with E-state index in [4.69, 9.17) is 5.11 Å². The van der Waals surface area contributed by atoms with Crippen LogP contribution in [0.15, 0.2) is 35.5 Å². The molecule has 2 heterocycles. The molecule has 1 aromatic heterocycles. The van der Waals surface area contributed by atoms with Gasteiger partial charge in [0.1, 0.15) is 0 Å². The van der Waals surface area contributed by atoms with E-state index in [-0.39, 0.29) is 17.1 Å². The summed E-state index contributed by atoms with van der Waals surface area (Å²) in [6.45, 7) is 0.851. The van der Waals surface area contributed by atoms with Crippen molar-refractivity contribution in [3.63, 3.8) is 0 Å². The van der Waals surface area contributed by atoms with E-state index in [0.717, 1.165) is 18.4 Å². The van der Waals surface area contributed by atoms with E-state index in [0.29, 0.717) is 25.2 Å². The lowest BCUT2D eigenvalue weighted by Crippen LogP contribution is -2.28. The Balaban J connectivity index is 2.07. The number of aliphatic hydroxyl groups excluding tert-OH is 1. The summed E-state index contributed by atoms with van der Waals surface area (Å²) in [4.78, 5) is 11.4. The van der Waals surface area contributed by atoms with Crippen LogP contribution in [0.25, 0.3) is 5.69 Å². The van der Waals surface area contributed by atoms with Gasteiger partial charge in [-0.2, -0.15) is 9.40 Å². The first-order valence-electron chi connectivity index (χ1n) is 7.95. The predicted molar refractivity (Wildman–Crippen MR) is 89.3 cm³/mol. The van der Waals surface area contributed by atoms with Crippen LogP contribution >= 0.6 is 0 Å². The van der Waals surface area contributed by atoms with Gasteiger partial charge in [-0.25, -0.2) is 17.9 Å². The topological polar surface area (TPSA) is 113 Å². The van der Waals surface area contributed by atoms with Crippen molar-refractivity contribution in [3.8, 4) is 5.69 Å². The Labute approximate surface area is 145 Å². The normalized spacial score (nSPS) is 15.6. The molecule has 1 fully saturated rings. The van der Waals surface area contributed by atoms with Crippen LogP contribution in [0.3, 0.4) is 0 Å². The Hall–Kier alpha value is -2.23. The van der Waals surface area contributed by atoms with E-state index >= 15 is 0 Å². The Kier molecular flexibility index (Phi) is 4.89. The fourth-order valence-corrected chi connectivity index (χ4v) is 4.41. The molecule has 25 heavy (non-hydrogen) atoms. The number of carboxylic acids is 1. The van der Waals surface area contributed by atoms with E-state index in [1.54, 1.807) is 12.4 Å². The largest absolute Gasteiger partial charge is 0.478 e.